The van der Waals surface area contributed by atoms with E-state index in [-0.39, 0.29) is 5.97 Å². The number of benzene rings is 1. The number of carbonyl (C=O) groups excluding carboxylic acids is 1. The minimum Gasteiger partial charge on any atom is -0.462 e. The summed E-state index contributed by atoms with van der Waals surface area (Å²) < 4.78 is 4.88. The van der Waals surface area contributed by atoms with Crippen LogP contribution in [0.3, 0.4) is 0 Å². The summed E-state index contributed by atoms with van der Waals surface area (Å²) in [5, 5.41) is 0. The molecule has 0 aliphatic rings. The Bertz CT molecular complexity index is 402. The van der Waals surface area contributed by atoms with E-state index in [9.17, 15) is 4.79 Å². The lowest BCUT2D eigenvalue weighted by atomic mass is 10.1. The topological polar surface area (TPSA) is 52.3 Å². The fraction of sp³-hybridized carbons (Fsp3) is 0.273. The minimum atomic E-state index is -0.324. The van der Waals surface area contributed by atoms with Crippen LogP contribution >= 0.6 is 12.2 Å². The summed E-state index contributed by atoms with van der Waals surface area (Å²) in [4.78, 5) is 11.7. The molecule has 0 spiro atoms. The van der Waals surface area contributed by atoms with Gasteiger partial charge in [0, 0.05) is 5.56 Å². The first kappa shape index (κ1) is 11.7. The molecule has 0 heterocycles. The molecule has 1 aromatic carbocycles. The summed E-state index contributed by atoms with van der Waals surface area (Å²) in [5.41, 5.74) is 7.71. The number of thiocarbonyl (C=S) groups is 1. The highest BCUT2D eigenvalue weighted by molar-refractivity contribution is 7.80. The van der Waals surface area contributed by atoms with Crippen LogP contribution in [0.2, 0.25) is 0 Å². The molecule has 0 saturated carbocycles. The van der Waals surface area contributed by atoms with Gasteiger partial charge in [0.15, 0.2) is 0 Å². The van der Waals surface area contributed by atoms with E-state index < -0.39 is 0 Å². The van der Waals surface area contributed by atoms with E-state index in [1.807, 2.05) is 6.92 Å². The molecule has 0 unspecified atom stereocenters. The van der Waals surface area contributed by atoms with Gasteiger partial charge in [-0.05, 0) is 31.5 Å². The van der Waals surface area contributed by atoms with Crippen molar-refractivity contribution in [3.63, 3.8) is 0 Å². The van der Waals surface area contributed by atoms with Crippen molar-refractivity contribution in [2.24, 2.45) is 5.73 Å². The molecule has 2 N–H and O–H groups in total. The van der Waals surface area contributed by atoms with E-state index in [4.69, 9.17) is 22.7 Å². The van der Waals surface area contributed by atoms with Gasteiger partial charge in [0.2, 0.25) is 0 Å². The number of hydrogen-bond acceptors (Lipinski definition) is 3. The van der Waals surface area contributed by atoms with Gasteiger partial charge < -0.3 is 10.5 Å². The average molecular weight is 223 g/mol. The highest BCUT2D eigenvalue weighted by Gasteiger charge is 2.09. The maximum absolute atomic E-state index is 11.4. The second kappa shape index (κ2) is 4.89. The molecule has 3 nitrogen and oxygen atoms in total. The van der Waals surface area contributed by atoms with Gasteiger partial charge in [0.05, 0.1) is 12.2 Å². The molecule has 1 rings (SSSR count). The molecule has 80 valence electrons. The number of nitrogens with two attached hydrogens (primary N) is 1. The first-order valence-electron chi connectivity index (χ1n) is 4.63. The van der Waals surface area contributed by atoms with Crippen LogP contribution in [0, 0.1) is 6.92 Å². The zero-order chi connectivity index (χ0) is 11.4. The van der Waals surface area contributed by atoms with Gasteiger partial charge in [-0.1, -0.05) is 18.3 Å². The predicted molar refractivity (Wildman–Crippen MR) is 63.0 cm³/mol. The van der Waals surface area contributed by atoms with Gasteiger partial charge in [0.1, 0.15) is 4.99 Å². The summed E-state index contributed by atoms with van der Waals surface area (Å²) >= 11 is 4.87. The quantitative estimate of drug-likeness (QED) is 0.627. The van der Waals surface area contributed by atoms with Crippen molar-refractivity contribution in [2.45, 2.75) is 13.8 Å². The number of aryl methyl sites for hydroxylation is 1. The number of rotatable bonds is 3. The fourth-order valence-electron chi connectivity index (χ4n) is 1.28. The zero-order valence-electron chi connectivity index (χ0n) is 8.74. The first-order valence-corrected chi connectivity index (χ1v) is 5.04. The minimum absolute atomic E-state index is 0.324. The Labute approximate surface area is 94.2 Å². The average Bonchev–Trinajstić information content (AvgIpc) is 2.17. The molecule has 0 aliphatic carbocycles. The smallest absolute Gasteiger partial charge is 0.338 e. The summed E-state index contributed by atoms with van der Waals surface area (Å²) in [7, 11) is 0. The van der Waals surface area contributed by atoms with Gasteiger partial charge in [-0.25, -0.2) is 4.79 Å². The van der Waals surface area contributed by atoms with Crippen molar-refractivity contribution in [2.75, 3.05) is 6.61 Å². The SMILES string of the molecule is CCOC(=O)c1ccc(C(N)=S)c(C)c1. The number of hydrogen-bond donors (Lipinski definition) is 1. The molecule has 0 saturated heterocycles. The maximum Gasteiger partial charge on any atom is 0.338 e. The summed E-state index contributed by atoms with van der Waals surface area (Å²) in [6.45, 7) is 4.00. The standard InChI is InChI=1S/C11H13NO2S/c1-3-14-11(13)8-4-5-9(10(12)15)7(2)6-8/h4-6H,3H2,1-2H3,(H2,12,15). The van der Waals surface area contributed by atoms with E-state index in [0.29, 0.717) is 17.2 Å². The molecule has 0 radical (unpaired) electrons. The van der Waals surface area contributed by atoms with Crippen LogP contribution in [0.15, 0.2) is 18.2 Å². The Hall–Kier alpha value is -1.42. The lowest BCUT2D eigenvalue weighted by Crippen LogP contribution is -2.12. The van der Waals surface area contributed by atoms with Crippen LogP contribution < -0.4 is 5.73 Å². The van der Waals surface area contributed by atoms with Crippen LogP contribution in [0.1, 0.15) is 28.4 Å². The third-order valence-corrected chi connectivity index (χ3v) is 2.22. The third kappa shape index (κ3) is 2.76. The van der Waals surface area contributed by atoms with Crippen molar-refractivity contribution >= 4 is 23.2 Å². The molecule has 4 heteroatoms. The lowest BCUT2D eigenvalue weighted by Gasteiger charge is -2.06. The normalized spacial score (nSPS) is 9.73. The molecule has 15 heavy (non-hydrogen) atoms. The van der Waals surface area contributed by atoms with E-state index in [1.54, 1.807) is 25.1 Å². The van der Waals surface area contributed by atoms with E-state index in [2.05, 4.69) is 0 Å². The Balaban J connectivity index is 3.01. The maximum atomic E-state index is 11.4. The van der Waals surface area contributed by atoms with Gasteiger partial charge in [-0.3, -0.25) is 0 Å². The Kier molecular flexibility index (Phi) is 3.80. The first-order chi connectivity index (χ1) is 7.06. The summed E-state index contributed by atoms with van der Waals surface area (Å²) in [5.74, 6) is -0.324. The summed E-state index contributed by atoms with van der Waals surface area (Å²) in [6, 6.07) is 5.13. The van der Waals surface area contributed by atoms with Gasteiger partial charge in [0.25, 0.3) is 0 Å². The lowest BCUT2D eigenvalue weighted by molar-refractivity contribution is 0.0526. The highest BCUT2D eigenvalue weighted by atomic mass is 32.1. The van der Waals surface area contributed by atoms with Gasteiger partial charge >= 0.3 is 5.97 Å². The van der Waals surface area contributed by atoms with E-state index in [1.165, 1.54) is 0 Å². The number of ether oxygens (including phenoxy) is 1. The van der Waals surface area contributed by atoms with Crippen molar-refractivity contribution in [3.05, 3.63) is 34.9 Å². The molecule has 0 atom stereocenters. The van der Waals surface area contributed by atoms with Crippen molar-refractivity contribution in [3.8, 4) is 0 Å². The molecule has 0 aliphatic heterocycles. The summed E-state index contributed by atoms with van der Waals surface area (Å²) in [6.07, 6.45) is 0. The molecule has 0 fully saturated rings. The van der Waals surface area contributed by atoms with Crippen LogP contribution in [0.25, 0.3) is 0 Å². The van der Waals surface area contributed by atoms with Crippen LogP contribution in [0.4, 0.5) is 0 Å². The Morgan fingerprint density at radius 2 is 2.20 bits per heavy atom. The Morgan fingerprint density at radius 1 is 1.53 bits per heavy atom. The molecular formula is C11H13NO2S. The highest BCUT2D eigenvalue weighted by Crippen LogP contribution is 2.12. The van der Waals surface area contributed by atoms with Crippen molar-refractivity contribution in [1.82, 2.24) is 0 Å². The Morgan fingerprint density at radius 3 is 2.67 bits per heavy atom. The molecule has 0 bridgehead atoms. The molecule has 0 aromatic heterocycles. The van der Waals surface area contributed by atoms with Crippen LogP contribution in [-0.2, 0) is 4.74 Å². The van der Waals surface area contributed by atoms with Gasteiger partial charge in [-0.15, -0.1) is 0 Å². The van der Waals surface area contributed by atoms with E-state index in [0.717, 1.165) is 11.1 Å². The van der Waals surface area contributed by atoms with Crippen molar-refractivity contribution in [1.29, 1.82) is 0 Å². The van der Waals surface area contributed by atoms with Crippen LogP contribution in [-0.4, -0.2) is 17.6 Å². The van der Waals surface area contributed by atoms with Crippen LogP contribution in [0.5, 0.6) is 0 Å². The molecule has 1 aromatic rings. The fourth-order valence-corrected chi connectivity index (χ4v) is 1.51. The van der Waals surface area contributed by atoms with E-state index >= 15 is 0 Å². The number of esters is 1. The monoisotopic (exact) mass is 223 g/mol. The predicted octanol–water partition coefficient (Wildman–Crippen LogP) is 1.81. The second-order valence-corrected chi connectivity index (χ2v) is 3.55. The third-order valence-electron chi connectivity index (χ3n) is 2.00. The van der Waals surface area contributed by atoms with Crippen molar-refractivity contribution < 1.29 is 9.53 Å². The molecular weight excluding hydrogens is 210 g/mol. The zero-order valence-corrected chi connectivity index (χ0v) is 9.56. The number of carbonyl (C=O) groups is 1. The van der Waals surface area contributed by atoms with Gasteiger partial charge in [-0.2, -0.15) is 0 Å². The second-order valence-electron chi connectivity index (χ2n) is 3.11. The molecule has 0 amide bonds. The largest absolute Gasteiger partial charge is 0.462 e.